The van der Waals surface area contributed by atoms with Gasteiger partial charge in [0.15, 0.2) is 11.4 Å². The second kappa shape index (κ2) is 11.1. The second-order valence-electron chi connectivity index (χ2n) is 8.24. The number of hydrazone groups is 1. The molecule has 2 aromatic heterocycles. The van der Waals surface area contributed by atoms with Gasteiger partial charge in [-0.15, -0.1) is 5.10 Å². The number of rotatable bonds is 8. The number of pyridine rings is 1. The van der Waals surface area contributed by atoms with E-state index in [4.69, 9.17) is 20.1 Å². The molecule has 11 nitrogen and oxygen atoms in total. The Morgan fingerprint density at radius 1 is 1.32 bits per heavy atom. The van der Waals surface area contributed by atoms with Crippen molar-refractivity contribution in [1.29, 1.82) is 0 Å². The summed E-state index contributed by atoms with van der Waals surface area (Å²) in [6, 6.07) is 3.63. The first-order valence-electron chi connectivity index (χ1n) is 11.4. The van der Waals surface area contributed by atoms with Crippen LogP contribution in [0.5, 0.6) is 5.88 Å². The van der Waals surface area contributed by atoms with E-state index in [1.165, 1.54) is 13.2 Å². The minimum Gasteiger partial charge on any atom is -0.484 e. The van der Waals surface area contributed by atoms with Crippen molar-refractivity contribution in [3.63, 3.8) is 0 Å². The quantitative estimate of drug-likeness (QED) is 0.422. The lowest BCUT2D eigenvalue weighted by atomic mass is 10.0. The highest BCUT2D eigenvalue weighted by Crippen LogP contribution is 2.15. The number of fused-ring (bicyclic) bond motifs is 1. The monoisotopic (exact) mass is 469 g/mol. The van der Waals surface area contributed by atoms with Gasteiger partial charge < -0.3 is 30.3 Å². The van der Waals surface area contributed by atoms with E-state index >= 15 is 0 Å². The van der Waals surface area contributed by atoms with E-state index in [0.29, 0.717) is 61.0 Å². The molecule has 182 valence electrons. The molecule has 0 saturated carbocycles. The molecule has 2 saturated heterocycles. The molecule has 0 amide bonds. The van der Waals surface area contributed by atoms with Crippen molar-refractivity contribution >= 4 is 17.1 Å². The zero-order valence-corrected chi connectivity index (χ0v) is 19.4. The Hall–Kier alpha value is -3.44. The van der Waals surface area contributed by atoms with Gasteiger partial charge in [-0.25, -0.2) is 4.98 Å². The Labute approximate surface area is 197 Å². The zero-order valence-electron chi connectivity index (χ0n) is 19.4. The summed E-state index contributed by atoms with van der Waals surface area (Å²) >= 11 is 0. The van der Waals surface area contributed by atoms with E-state index < -0.39 is 0 Å². The van der Waals surface area contributed by atoms with Crippen molar-refractivity contribution in [3.8, 4) is 5.88 Å². The standard InChI is InChI=1S/C23H31N7O4/c1-16(13-19-23(28-24)34-12-11-33-19)14-25-17-5-7-29(8-6-17)9-10-30-21(31)4-3-18-22(30)27-20(32-2)15-26-18/h3-4,13,15,17,25H,1,5-12,14,24H2,2H3/b19-13+,28-23+. The van der Waals surface area contributed by atoms with Crippen LogP contribution in [0.4, 0.5) is 0 Å². The molecule has 0 radical (unpaired) electrons. The Bertz CT molecular complexity index is 1140. The summed E-state index contributed by atoms with van der Waals surface area (Å²) in [5, 5.41) is 7.17. The lowest BCUT2D eigenvalue weighted by molar-refractivity contribution is 0.116. The van der Waals surface area contributed by atoms with Crippen LogP contribution in [0.3, 0.4) is 0 Å². The summed E-state index contributed by atoms with van der Waals surface area (Å²) in [5.74, 6) is 6.55. The highest BCUT2D eigenvalue weighted by atomic mass is 16.6. The smallest absolute Gasteiger partial charge is 0.273 e. The van der Waals surface area contributed by atoms with Crippen molar-refractivity contribution in [1.82, 2.24) is 24.8 Å². The van der Waals surface area contributed by atoms with E-state index in [1.807, 2.05) is 6.08 Å². The number of piperidine rings is 1. The number of nitrogens with two attached hydrogens (primary N) is 1. The molecule has 34 heavy (non-hydrogen) atoms. The van der Waals surface area contributed by atoms with Gasteiger partial charge in [0, 0.05) is 31.7 Å². The van der Waals surface area contributed by atoms with Crippen LogP contribution in [-0.4, -0.2) is 77.9 Å². The summed E-state index contributed by atoms with van der Waals surface area (Å²) in [7, 11) is 1.54. The summed E-state index contributed by atoms with van der Waals surface area (Å²) in [6.45, 7) is 8.84. The molecule has 2 aliphatic heterocycles. The molecule has 0 atom stereocenters. The topological polar surface area (TPSA) is 129 Å². The van der Waals surface area contributed by atoms with E-state index in [-0.39, 0.29) is 5.56 Å². The fourth-order valence-electron chi connectivity index (χ4n) is 4.09. The molecular weight excluding hydrogens is 438 g/mol. The Kier molecular flexibility index (Phi) is 7.76. The minimum atomic E-state index is -0.0885. The normalized spacial score (nSPS) is 19.8. The maximum Gasteiger partial charge on any atom is 0.273 e. The van der Waals surface area contributed by atoms with Gasteiger partial charge in [-0.2, -0.15) is 4.98 Å². The number of ether oxygens (including phenoxy) is 3. The number of nitrogens with zero attached hydrogens (tertiary/aromatic N) is 5. The fraction of sp³-hybridized carbons (Fsp3) is 0.478. The van der Waals surface area contributed by atoms with E-state index in [2.05, 4.69) is 31.9 Å². The Balaban J connectivity index is 1.26. The predicted molar refractivity (Wildman–Crippen MR) is 129 cm³/mol. The third kappa shape index (κ3) is 5.72. The van der Waals surface area contributed by atoms with Crippen molar-refractivity contribution in [2.75, 3.05) is 46.5 Å². The summed E-state index contributed by atoms with van der Waals surface area (Å²) < 4.78 is 17.8. The number of hydrogen-bond donors (Lipinski definition) is 2. The van der Waals surface area contributed by atoms with Gasteiger partial charge in [0.25, 0.3) is 11.5 Å². The summed E-state index contributed by atoms with van der Waals surface area (Å²) in [4.78, 5) is 23.6. The van der Waals surface area contributed by atoms with Gasteiger partial charge in [-0.1, -0.05) is 6.58 Å². The van der Waals surface area contributed by atoms with Gasteiger partial charge in [0.2, 0.25) is 5.88 Å². The Morgan fingerprint density at radius 3 is 2.88 bits per heavy atom. The van der Waals surface area contributed by atoms with Crippen molar-refractivity contribution in [3.05, 3.63) is 52.7 Å². The van der Waals surface area contributed by atoms with Crippen LogP contribution in [-0.2, 0) is 16.0 Å². The van der Waals surface area contributed by atoms with E-state index in [0.717, 1.165) is 38.0 Å². The highest BCUT2D eigenvalue weighted by molar-refractivity contribution is 5.92. The fourth-order valence-corrected chi connectivity index (χ4v) is 4.09. The zero-order chi connectivity index (χ0) is 23.9. The van der Waals surface area contributed by atoms with Gasteiger partial charge in [0.05, 0.1) is 13.3 Å². The average molecular weight is 470 g/mol. The van der Waals surface area contributed by atoms with E-state index in [1.54, 1.807) is 16.8 Å². The molecule has 3 N–H and O–H groups in total. The van der Waals surface area contributed by atoms with E-state index in [9.17, 15) is 4.79 Å². The van der Waals surface area contributed by atoms with Crippen LogP contribution in [0.25, 0.3) is 11.2 Å². The van der Waals surface area contributed by atoms with Gasteiger partial charge in [-0.05, 0) is 43.6 Å². The van der Waals surface area contributed by atoms with Crippen LogP contribution in [0.15, 0.2) is 52.2 Å². The number of likely N-dealkylation sites (tertiary alicyclic amines) is 1. The SMILES string of the molecule is C=C(/C=C1/OCCO/C1=N/N)CNC1CCN(CCn2c(=O)ccc3ncc(OC)nc32)CC1. The molecule has 0 unspecified atom stereocenters. The van der Waals surface area contributed by atoms with Crippen molar-refractivity contribution in [2.45, 2.75) is 25.4 Å². The average Bonchev–Trinajstić information content (AvgIpc) is 2.87. The molecular formula is C23H31N7O4. The van der Waals surface area contributed by atoms with Crippen LogP contribution >= 0.6 is 0 Å². The largest absolute Gasteiger partial charge is 0.484 e. The van der Waals surface area contributed by atoms with Crippen LogP contribution in [0.2, 0.25) is 0 Å². The number of nitrogens with one attached hydrogen (secondary N) is 1. The molecule has 2 aliphatic rings. The molecule has 2 aromatic rings. The summed E-state index contributed by atoms with van der Waals surface area (Å²) in [6.07, 6.45) is 5.39. The maximum absolute atomic E-state index is 12.5. The predicted octanol–water partition coefficient (Wildman–Crippen LogP) is 0.613. The third-order valence-electron chi connectivity index (χ3n) is 5.96. The number of aromatic nitrogens is 3. The third-order valence-corrected chi connectivity index (χ3v) is 5.96. The van der Waals surface area contributed by atoms with Gasteiger partial charge >= 0.3 is 0 Å². The molecule has 4 rings (SSSR count). The maximum atomic E-state index is 12.5. The molecule has 0 aromatic carbocycles. The number of hydrogen-bond acceptors (Lipinski definition) is 10. The van der Waals surface area contributed by atoms with Crippen LogP contribution in [0.1, 0.15) is 12.8 Å². The number of methoxy groups -OCH3 is 1. The summed E-state index contributed by atoms with van der Waals surface area (Å²) in [5.41, 5.74) is 2.00. The molecule has 4 heterocycles. The molecule has 0 bridgehead atoms. The first-order chi connectivity index (χ1) is 16.6. The Morgan fingerprint density at radius 2 is 2.12 bits per heavy atom. The lowest BCUT2D eigenvalue weighted by Crippen LogP contribution is -2.44. The van der Waals surface area contributed by atoms with Gasteiger partial charge in [-0.3, -0.25) is 9.36 Å². The van der Waals surface area contributed by atoms with Crippen molar-refractivity contribution < 1.29 is 14.2 Å². The van der Waals surface area contributed by atoms with Gasteiger partial charge in [0.1, 0.15) is 18.7 Å². The molecule has 2 fully saturated rings. The molecule has 11 heteroatoms. The van der Waals surface area contributed by atoms with Crippen molar-refractivity contribution in [2.24, 2.45) is 10.9 Å². The molecule has 0 aliphatic carbocycles. The second-order valence-corrected chi connectivity index (χ2v) is 8.24. The highest BCUT2D eigenvalue weighted by Gasteiger charge is 2.20. The lowest BCUT2D eigenvalue weighted by Gasteiger charge is -2.32. The minimum absolute atomic E-state index is 0.0885. The first kappa shape index (κ1) is 23.7. The molecule has 0 spiro atoms. The van der Waals surface area contributed by atoms with Crippen LogP contribution < -0.4 is 21.5 Å². The first-order valence-corrected chi connectivity index (χ1v) is 11.4. The van der Waals surface area contributed by atoms with Crippen LogP contribution in [0, 0.1) is 0 Å².